The van der Waals surface area contributed by atoms with E-state index in [0.29, 0.717) is 11.7 Å². The minimum Gasteiger partial charge on any atom is -0.382 e. The minimum atomic E-state index is -0.102. The van der Waals surface area contributed by atoms with Crippen LogP contribution in [-0.2, 0) is 0 Å². The number of anilines is 4. The zero-order chi connectivity index (χ0) is 23.1. The Morgan fingerprint density at radius 3 is 2.71 bits per heavy atom. The van der Waals surface area contributed by atoms with Crippen LogP contribution in [0.3, 0.4) is 0 Å². The number of hydrogen-bond donors (Lipinski definition) is 4. The van der Waals surface area contributed by atoms with Crippen LogP contribution in [0, 0.1) is 0 Å². The van der Waals surface area contributed by atoms with E-state index in [0.717, 1.165) is 52.4 Å². The van der Waals surface area contributed by atoms with Crippen LogP contribution in [0.25, 0.3) is 22.2 Å². The quantitative estimate of drug-likeness (QED) is 0.322. The SMILES string of the molecule is CC(C)Nc1cncc(-c2cnc3n[nH]c(C4Nc5cccc(N6CCCCC6)c5N4)c3c2)c1. The standard InChI is InChI=1S/C26H30N8/c1-16(2)29-19-11-17(13-27-15-19)18-12-20-23(32-33-25(20)28-14-18)26-30-21-7-6-8-22(24(21)31-26)34-9-4-3-5-10-34/h6-8,11-16,26,29-31H,3-5,9-10H2,1-2H3,(H,28,32,33). The Hall–Kier alpha value is -3.81. The Balaban J connectivity index is 1.32. The van der Waals surface area contributed by atoms with Crippen molar-refractivity contribution in [1.82, 2.24) is 20.2 Å². The second-order valence-corrected chi connectivity index (χ2v) is 9.46. The van der Waals surface area contributed by atoms with E-state index in [1.165, 1.54) is 24.9 Å². The zero-order valence-corrected chi connectivity index (χ0v) is 19.6. The van der Waals surface area contributed by atoms with Crippen LogP contribution in [0.1, 0.15) is 45.0 Å². The highest BCUT2D eigenvalue weighted by atomic mass is 15.3. The molecule has 174 valence electrons. The second kappa shape index (κ2) is 8.52. The molecule has 8 nitrogen and oxygen atoms in total. The highest BCUT2D eigenvalue weighted by Crippen LogP contribution is 2.43. The first-order valence-electron chi connectivity index (χ1n) is 12.1. The number of rotatable bonds is 5. The van der Waals surface area contributed by atoms with E-state index in [1.54, 1.807) is 0 Å². The number of pyridine rings is 2. The fraction of sp³-hybridized carbons (Fsp3) is 0.346. The number of benzene rings is 1. The Bertz CT molecular complexity index is 1320. The summed E-state index contributed by atoms with van der Waals surface area (Å²) in [7, 11) is 0. The number of hydrogen-bond acceptors (Lipinski definition) is 7. The maximum absolute atomic E-state index is 4.63. The normalized spacial score (nSPS) is 17.5. The predicted molar refractivity (Wildman–Crippen MR) is 138 cm³/mol. The molecule has 0 amide bonds. The third-order valence-electron chi connectivity index (χ3n) is 6.58. The van der Waals surface area contributed by atoms with Gasteiger partial charge < -0.3 is 20.9 Å². The number of para-hydroxylation sites is 1. The van der Waals surface area contributed by atoms with Gasteiger partial charge in [0.1, 0.15) is 6.17 Å². The number of piperidine rings is 1. The van der Waals surface area contributed by atoms with Gasteiger partial charge in [0.15, 0.2) is 5.65 Å². The van der Waals surface area contributed by atoms with Crippen molar-refractivity contribution in [3.05, 3.63) is 54.6 Å². The number of aromatic nitrogens is 4. The molecule has 1 saturated heterocycles. The molecule has 2 aliphatic heterocycles. The molecule has 0 saturated carbocycles. The van der Waals surface area contributed by atoms with Crippen molar-refractivity contribution < 1.29 is 0 Å². The summed E-state index contributed by atoms with van der Waals surface area (Å²) < 4.78 is 0. The zero-order valence-electron chi connectivity index (χ0n) is 19.6. The number of nitrogens with zero attached hydrogens (tertiary/aromatic N) is 4. The van der Waals surface area contributed by atoms with Gasteiger partial charge in [-0.1, -0.05) is 6.07 Å². The van der Waals surface area contributed by atoms with Gasteiger partial charge in [0, 0.05) is 54.2 Å². The molecule has 6 rings (SSSR count). The first kappa shape index (κ1) is 20.8. The van der Waals surface area contributed by atoms with Gasteiger partial charge in [-0.2, -0.15) is 5.10 Å². The summed E-state index contributed by atoms with van der Waals surface area (Å²) in [6, 6.07) is 11.1. The van der Waals surface area contributed by atoms with E-state index in [9.17, 15) is 0 Å². The lowest BCUT2D eigenvalue weighted by Crippen LogP contribution is -2.29. The minimum absolute atomic E-state index is 0.102. The van der Waals surface area contributed by atoms with Crippen molar-refractivity contribution >= 4 is 33.8 Å². The molecule has 4 N–H and O–H groups in total. The van der Waals surface area contributed by atoms with Crippen molar-refractivity contribution in [3.63, 3.8) is 0 Å². The van der Waals surface area contributed by atoms with Gasteiger partial charge >= 0.3 is 0 Å². The summed E-state index contributed by atoms with van der Waals surface area (Å²) in [4.78, 5) is 11.5. The van der Waals surface area contributed by atoms with E-state index in [1.807, 2.05) is 18.6 Å². The topological polar surface area (TPSA) is 93.8 Å². The predicted octanol–water partition coefficient (Wildman–Crippen LogP) is 5.37. The van der Waals surface area contributed by atoms with Crippen molar-refractivity contribution in [2.75, 3.05) is 33.9 Å². The van der Waals surface area contributed by atoms with Crippen LogP contribution in [0.4, 0.5) is 22.7 Å². The first-order chi connectivity index (χ1) is 16.7. The average molecular weight is 455 g/mol. The Labute approximate surface area is 199 Å². The summed E-state index contributed by atoms with van der Waals surface area (Å²) >= 11 is 0. The van der Waals surface area contributed by atoms with Crippen molar-refractivity contribution in [2.24, 2.45) is 0 Å². The first-order valence-corrected chi connectivity index (χ1v) is 12.1. The second-order valence-electron chi connectivity index (χ2n) is 9.46. The molecule has 5 heterocycles. The highest BCUT2D eigenvalue weighted by Gasteiger charge is 2.28. The van der Waals surface area contributed by atoms with Gasteiger partial charge in [-0.25, -0.2) is 4.98 Å². The molecule has 0 aliphatic carbocycles. The summed E-state index contributed by atoms with van der Waals surface area (Å²) in [6.45, 7) is 6.46. The molecular formula is C26H30N8. The van der Waals surface area contributed by atoms with E-state index in [4.69, 9.17) is 0 Å². The van der Waals surface area contributed by atoms with Gasteiger partial charge in [-0.05, 0) is 57.4 Å². The third kappa shape index (κ3) is 3.79. The average Bonchev–Trinajstić information content (AvgIpc) is 3.48. The molecule has 0 bridgehead atoms. The smallest absolute Gasteiger partial charge is 0.181 e. The molecule has 1 unspecified atom stereocenters. The molecule has 1 fully saturated rings. The van der Waals surface area contributed by atoms with Gasteiger partial charge in [0.2, 0.25) is 0 Å². The van der Waals surface area contributed by atoms with Crippen LogP contribution in [0.2, 0.25) is 0 Å². The Morgan fingerprint density at radius 2 is 1.85 bits per heavy atom. The summed E-state index contributed by atoms with van der Waals surface area (Å²) in [6.07, 6.45) is 9.31. The Kier molecular flexibility index (Phi) is 5.20. The highest BCUT2D eigenvalue weighted by molar-refractivity contribution is 5.90. The Morgan fingerprint density at radius 1 is 1.00 bits per heavy atom. The van der Waals surface area contributed by atoms with Gasteiger partial charge in [-0.15, -0.1) is 0 Å². The lowest BCUT2D eigenvalue weighted by molar-refractivity contribution is 0.578. The fourth-order valence-corrected chi connectivity index (χ4v) is 5.00. The van der Waals surface area contributed by atoms with E-state index in [2.05, 4.69) is 85.2 Å². The number of H-pyrrole nitrogens is 1. The van der Waals surface area contributed by atoms with E-state index < -0.39 is 0 Å². The summed E-state index contributed by atoms with van der Waals surface area (Å²) in [5, 5.41) is 19.5. The molecule has 1 atom stereocenters. The fourth-order valence-electron chi connectivity index (χ4n) is 5.00. The lowest BCUT2D eigenvalue weighted by Gasteiger charge is -2.30. The van der Waals surface area contributed by atoms with E-state index >= 15 is 0 Å². The molecule has 1 aromatic carbocycles. The maximum atomic E-state index is 4.63. The molecule has 4 aromatic rings. The maximum Gasteiger partial charge on any atom is 0.181 e. The van der Waals surface area contributed by atoms with E-state index in [-0.39, 0.29) is 6.17 Å². The molecular weight excluding hydrogens is 424 g/mol. The molecule has 34 heavy (non-hydrogen) atoms. The van der Waals surface area contributed by atoms with Crippen molar-refractivity contribution in [3.8, 4) is 11.1 Å². The number of fused-ring (bicyclic) bond motifs is 2. The number of nitrogens with one attached hydrogen (secondary N) is 4. The molecule has 8 heteroatoms. The van der Waals surface area contributed by atoms with Crippen molar-refractivity contribution in [2.45, 2.75) is 45.3 Å². The van der Waals surface area contributed by atoms with Crippen LogP contribution in [0.15, 0.2) is 48.9 Å². The van der Waals surface area contributed by atoms with Crippen LogP contribution >= 0.6 is 0 Å². The van der Waals surface area contributed by atoms with Gasteiger partial charge in [-0.3, -0.25) is 10.1 Å². The summed E-state index contributed by atoms with van der Waals surface area (Å²) in [5.74, 6) is 0. The molecule has 2 aliphatic rings. The number of aromatic amines is 1. The third-order valence-corrected chi connectivity index (χ3v) is 6.58. The van der Waals surface area contributed by atoms with Crippen LogP contribution in [0.5, 0.6) is 0 Å². The monoisotopic (exact) mass is 454 g/mol. The van der Waals surface area contributed by atoms with Crippen molar-refractivity contribution in [1.29, 1.82) is 0 Å². The molecule has 3 aromatic heterocycles. The van der Waals surface area contributed by atoms with Crippen LogP contribution in [-0.4, -0.2) is 39.3 Å². The lowest BCUT2D eigenvalue weighted by atomic mass is 10.1. The van der Waals surface area contributed by atoms with Gasteiger partial charge in [0.25, 0.3) is 0 Å². The van der Waals surface area contributed by atoms with Gasteiger partial charge in [0.05, 0.1) is 28.4 Å². The van der Waals surface area contributed by atoms with Crippen LogP contribution < -0.4 is 20.9 Å². The summed E-state index contributed by atoms with van der Waals surface area (Å²) in [5.41, 5.74) is 8.29. The molecule has 0 radical (unpaired) electrons. The largest absolute Gasteiger partial charge is 0.382 e. The molecule has 0 spiro atoms.